The van der Waals surface area contributed by atoms with Crippen LogP contribution in [-0.4, -0.2) is 15.9 Å². The summed E-state index contributed by atoms with van der Waals surface area (Å²) in [5, 5.41) is 5.54. The van der Waals surface area contributed by atoms with Crippen molar-refractivity contribution >= 4 is 17.2 Å². The van der Waals surface area contributed by atoms with Crippen LogP contribution in [0.3, 0.4) is 0 Å². The lowest BCUT2D eigenvalue weighted by atomic mass is 10.1. The average Bonchev–Trinajstić information content (AvgIpc) is 2.82. The Hall–Kier alpha value is -1.95. The van der Waals surface area contributed by atoms with Crippen LogP contribution in [0, 0.1) is 0 Å². The highest BCUT2D eigenvalue weighted by molar-refractivity contribution is 7.09. The van der Waals surface area contributed by atoms with Gasteiger partial charge in [-0.05, 0) is 19.9 Å². The number of carbonyl (C=O) groups excluding carboxylic acids is 1. The lowest BCUT2D eigenvalue weighted by Gasteiger charge is -2.23. The van der Waals surface area contributed by atoms with E-state index in [-0.39, 0.29) is 11.5 Å². The number of aromatic amines is 1. The molecule has 0 radical (unpaired) electrons. The van der Waals surface area contributed by atoms with Gasteiger partial charge in [-0.25, -0.2) is 4.98 Å². The third-order valence-corrected chi connectivity index (χ3v) is 3.53. The van der Waals surface area contributed by atoms with Gasteiger partial charge in [0.15, 0.2) is 0 Å². The number of nitrogens with zero attached hydrogens (tertiary/aromatic N) is 1. The van der Waals surface area contributed by atoms with Crippen molar-refractivity contribution in [2.75, 3.05) is 0 Å². The third-order valence-electron chi connectivity index (χ3n) is 2.43. The van der Waals surface area contributed by atoms with Gasteiger partial charge in [-0.2, -0.15) is 0 Å². The van der Waals surface area contributed by atoms with Gasteiger partial charge in [-0.15, -0.1) is 11.3 Å². The Balaban J connectivity index is 2.19. The second-order valence-corrected chi connectivity index (χ2v) is 5.25. The molecule has 18 heavy (non-hydrogen) atoms. The van der Waals surface area contributed by atoms with Crippen molar-refractivity contribution in [1.82, 2.24) is 15.3 Å². The molecule has 0 aliphatic heterocycles. The molecule has 2 aromatic heterocycles. The highest BCUT2D eigenvalue weighted by Crippen LogP contribution is 2.22. The maximum atomic E-state index is 12.0. The van der Waals surface area contributed by atoms with Gasteiger partial charge in [0, 0.05) is 29.4 Å². The van der Waals surface area contributed by atoms with Gasteiger partial charge in [-0.3, -0.25) is 9.59 Å². The van der Waals surface area contributed by atoms with E-state index in [2.05, 4.69) is 15.3 Å². The Morgan fingerprint density at radius 1 is 1.50 bits per heavy atom. The van der Waals surface area contributed by atoms with Crippen molar-refractivity contribution < 1.29 is 4.79 Å². The molecule has 0 aromatic carbocycles. The number of pyridine rings is 1. The van der Waals surface area contributed by atoms with E-state index in [1.807, 2.05) is 19.2 Å². The zero-order valence-corrected chi connectivity index (χ0v) is 10.9. The fourth-order valence-corrected chi connectivity index (χ4v) is 2.25. The molecule has 0 aliphatic rings. The van der Waals surface area contributed by atoms with E-state index in [1.54, 1.807) is 12.3 Å². The van der Waals surface area contributed by atoms with Gasteiger partial charge < -0.3 is 10.3 Å². The minimum Gasteiger partial charge on any atom is -0.341 e. The lowest BCUT2D eigenvalue weighted by molar-refractivity contribution is 0.0911. The largest absolute Gasteiger partial charge is 0.341 e. The molecule has 2 aromatic rings. The predicted octanol–water partition coefficient (Wildman–Crippen LogP) is 1.50. The van der Waals surface area contributed by atoms with E-state index < -0.39 is 5.54 Å². The molecule has 0 saturated heterocycles. The Labute approximate surface area is 108 Å². The summed E-state index contributed by atoms with van der Waals surface area (Å²) >= 11 is 1.48. The number of H-pyrrole nitrogens is 1. The molecular formula is C12H13N3O2S. The van der Waals surface area contributed by atoms with E-state index >= 15 is 0 Å². The summed E-state index contributed by atoms with van der Waals surface area (Å²) in [4.78, 5) is 29.8. The molecule has 6 heteroatoms. The van der Waals surface area contributed by atoms with Crippen LogP contribution in [0.15, 0.2) is 34.7 Å². The Kier molecular flexibility index (Phi) is 3.29. The molecule has 0 aliphatic carbocycles. The fourth-order valence-electron chi connectivity index (χ4n) is 1.53. The van der Waals surface area contributed by atoms with Crippen LogP contribution >= 0.6 is 11.3 Å². The quantitative estimate of drug-likeness (QED) is 0.881. The first-order chi connectivity index (χ1) is 8.49. The summed E-state index contributed by atoms with van der Waals surface area (Å²) < 4.78 is 0. The molecule has 5 nitrogen and oxygen atoms in total. The van der Waals surface area contributed by atoms with Gasteiger partial charge in [0.25, 0.3) is 5.91 Å². The number of nitrogens with one attached hydrogen (secondary N) is 2. The second kappa shape index (κ2) is 4.73. The molecule has 2 rings (SSSR count). The first-order valence-electron chi connectivity index (χ1n) is 5.40. The zero-order valence-electron chi connectivity index (χ0n) is 10.1. The van der Waals surface area contributed by atoms with Crippen LogP contribution in [0.2, 0.25) is 0 Å². The number of aromatic nitrogens is 2. The van der Waals surface area contributed by atoms with Crippen molar-refractivity contribution in [2.24, 2.45) is 0 Å². The molecule has 94 valence electrons. The van der Waals surface area contributed by atoms with Crippen LogP contribution in [0.5, 0.6) is 0 Å². The first kappa shape index (κ1) is 12.5. The van der Waals surface area contributed by atoms with Crippen molar-refractivity contribution in [3.05, 3.63) is 50.8 Å². The SMILES string of the molecule is CC(C)(NC(=O)c1cc[nH]c(=O)c1)c1nccs1. The van der Waals surface area contributed by atoms with Gasteiger partial charge in [-0.1, -0.05) is 0 Å². The zero-order chi connectivity index (χ0) is 13.2. The molecule has 0 saturated carbocycles. The molecule has 0 atom stereocenters. The van der Waals surface area contributed by atoms with Crippen LogP contribution in [0.1, 0.15) is 29.2 Å². The number of hydrogen-bond acceptors (Lipinski definition) is 4. The summed E-state index contributed by atoms with van der Waals surface area (Å²) in [6.07, 6.45) is 3.15. The summed E-state index contributed by atoms with van der Waals surface area (Å²) in [5.74, 6) is -0.290. The highest BCUT2D eigenvalue weighted by atomic mass is 32.1. The standard InChI is InChI=1S/C12H13N3O2S/c1-12(2,11-14-5-6-18-11)15-10(17)8-3-4-13-9(16)7-8/h3-7H,1-2H3,(H,13,16)(H,15,17). The highest BCUT2D eigenvalue weighted by Gasteiger charge is 2.25. The molecule has 2 N–H and O–H groups in total. The van der Waals surface area contributed by atoms with Crippen molar-refractivity contribution in [3.63, 3.8) is 0 Å². The molecule has 0 unspecified atom stereocenters. The fraction of sp³-hybridized carbons (Fsp3) is 0.250. The smallest absolute Gasteiger partial charge is 0.252 e. The van der Waals surface area contributed by atoms with Crippen LogP contribution < -0.4 is 10.9 Å². The summed E-state index contributed by atoms with van der Waals surface area (Å²) in [6.45, 7) is 3.74. The summed E-state index contributed by atoms with van der Waals surface area (Å²) in [5.41, 5.74) is -0.522. The predicted molar refractivity (Wildman–Crippen MR) is 69.7 cm³/mol. The van der Waals surface area contributed by atoms with E-state index in [0.717, 1.165) is 5.01 Å². The average molecular weight is 263 g/mol. The number of thiazole rings is 1. The maximum Gasteiger partial charge on any atom is 0.252 e. The van der Waals surface area contributed by atoms with Gasteiger partial charge in [0.1, 0.15) is 5.01 Å². The molecule has 0 fully saturated rings. The molecule has 0 spiro atoms. The number of amides is 1. The number of rotatable bonds is 3. The van der Waals surface area contributed by atoms with E-state index in [9.17, 15) is 9.59 Å². The first-order valence-corrected chi connectivity index (χ1v) is 6.28. The maximum absolute atomic E-state index is 12.0. The van der Waals surface area contributed by atoms with Gasteiger partial charge >= 0.3 is 0 Å². The van der Waals surface area contributed by atoms with Crippen LogP contribution in [0.25, 0.3) is 0 Å². The normalized spacial score (nSPS) is 11.2. The van der Waals surface area contributed by atoms with Gasteiger partial charge in [0.05, 0.1) is 5.54 Å². The minimum absolute atomic E-state index is 0.290. The van der Waals surface area contributed by atoms with Crippen LogP contribution in [-0.2, 0) is 5.54 Å². The van der Waals surface area contributed by atoms with E-state index in [0.29, 0.717) is 5.56 Å². The lowest BCUT2D eigenvalue weighted by Crippen LogP contribution is -2.41. The van der Waals surface area contributed by atoms with E-state index in [1.165, 1.54) is 23.6 Å². The number of carbonyl (C=O) groups is 1. The molecule has 1 amide bonds. The van der Waals surface area contributed by atoms with Crippen molar-refractivity contribution in [3.8, 4) is 0 Å². The van der Waals surface area contributed by atoms with Crippen LogP contribution in [0.4, 0.5) is 0 Å². The monoisotopic (exact) mass is 263 g/mol. The molecule has 0 bridgehead atoms. The Bertz CT molecular complexity index is 602. The third kappa shape index (κ3) is 2.65. The Morgan fingerprint density at radius 2 is 2.28 bits per heavy atom. The second-order valence-electron chi connectivity index (χ2n) is 4.36. The molecule has 2 heterocycles. The van der Waals surface area contributed by atoms with Crippen molar-refractivity contribution in [2.45, 2.75) is 19.4 Å². The van der Waals surface area contributed by atoms with Gasteiger partial charge in [0.2, 0.25) is 5.56 Å². The summed E-state index contributed by atoms with van der Waals surface area (Å²) in [6, 6.07) is 2.84. The number of hydrogen-bond donors (Lipinski definition) is 2. The minimum atomic E-state index is -0.562. The summed E-state index contributed by atoms with van der Waals surface area (Å²) in [7, 11) is 0. The molecular weight excluding hydrogens is 250 g/mol. The van der Waals surface area contributed by atoms with E-state index in [4.69, 9.17) is 0 Å². The Morgan fingerprint density at radius 3 is 2.89 bits per heavy atom. The van der Waals surface area contributed by atoms with Crippen molar-refractivity contribution in [1.29, 1.82) is 0 Å². The topological polar surface area (TPSA) is 74.8 Å².